The summed E-state index contributed by atoms with van der Waals surface area (Å²) in [6.07, 6.45) is -0.581. The third-order valence-electron chi connectivity index (χ3n) is 3.38. The van der Waals surface area contributed by atoms with Gasteiger partial charge < -0.3 is 10.1 Å². The van der Waals surface area contributed by atoms with Gasteiger partial charge in [0.25, 0.3) is 5.91 Å². The number of anilines is 1. The molecule has 0 spiro atoms. The standard InChI is InChI=1S/C18H19NO2S/c1-12(2)11-22-14-8-9-16-15(10-14)19-18(20)17(21-16)13-6-4-3-5-7-13/h3-10,12,17H,11H2,1-2H3,(H,19,20). The number of amides is 1. The summed E-state index contributed by atoms with van der Waals surface area (Å²) in [5.41, 5.74) is 1.62. The van der Waals surface area contributed by atoms with Gasteiger partial charge in [0.15, 0.2) is 0 Å². The van der Waals surface area contributed by atoms with Gasteiger partial charge >= 0.3 is 0 Å². The first kappa shape index (κ1) is 15.0. The predicted octanol–water partition coefficient (Wildman–Crippen LogP) is 4.51. The zero-order chi connectivity index (χ0) is 15.5. The van der Waals surface area contributed by atoms with Crippen molar-refractivity contribution in [1.82, 2.24) is 0 Å². The van der Waals surface area contributed by atoms with E-state index in [0.717, 1.165) is 27.6 Å². The number of nitrogens with one attached hydrogen (secondary N) is 1. The van der Waals surface area contributed by atoms with Gasteiger partial charge in [-0.3, -0.25) is 4.79 Å². The zero-order valence-electron chi connectivity index (χ0n) is 12.7. The number of fused-ring (bicyclic) bond motifs is 1. The molecule has 1 unspecified atom stereocenters. The number of benzene rings is 2. The summed E-state index contributed by atoms with van der Waals surface area (Å²) >= 11 is 1.79. The van der Waals surface area contributed by atoms with E-state index in [2.05, 4.69) is 19.2 Å². The number of hydrogen-bond donors (Lipinski definition) is 1. The molecule has 114 valence electrons. The summed E-state index contributed by atoms with van der Waals surface area (Å²) in [5, 5.41) is 2.96. The summed E-state index contributed by atoms with van der Waals surface area (Å²) in [6.45, 7) is 4.39. The number of hydrogen-bond acceptors (Lipinski definition) is 3. The van der Waals surface area contributed by atoms with Gasteiger partial charge in [-0.15, -0.1) is 11.8 Å². The minimum Gasteiger partial charge on any atom is -0.474 e. The van der Waals surface area contributed by atoms with Crippen LogP contribution < -0.4 is 10.1 Å². The molecule has 0 aliphatic carbocycles. The SMILES string of the molecule is CC(C)CSc1ccc2c(c1)NC(=O)C(c1ccccc1)O2. The average Bonchev–Trinajstić information content (AvgIpc) is 2.53. The molecule has 2 aromatic rings. The predicted molar refractivity (Wildman–Crippen MR) is 90.4 cm³/mol. The Morgan fingerprint density at radius 3 is 2.68 bits per heavy atom. The van der Waals surface area contributed by atoms with Crippen LogP contribution in [0, 0.1) is 5.92 Å². The van der Waals surface area contributed by atoms with Crippen molar-refractivity contribution < 1.29 is 9.53 Å². The Bertz CT molecular complexity index is 670. The van der Waals surface area contributed by atoms with E-state index in [1.807, 2.05) is 48.5 Å². The quantitative estimate of drug-likeness (QED) is 0.844. The Hall–Kier alpha value is -1.94. The molecule has 1 aliphatic rings. The lowest BCUT2D eigenvalue weighted by molar-refractivity contribution is -0.123. The molecule has 22 heavy (non-hydrogen) atoms. The van der Waals surface area contributed by atoms with Crippen LogP contribution in [0.2, 0.25) is 0 Å². The number of ether oxygens (including phenoxy) is 1. The Balaban J connectivity index is 1.80. The highest BCUT2D eigenvalue weighted by Crippen LogP contribution is 2.37. The van der Waals surface area contributed by atoms with Gasteiger partial charge in [0.05, 0.1) is 5.69 Å². The Labute approximate surface area is 135 Å². The lowest BCUT2D eigenvalue weighted by Crippen LogP contribution is -2.30. The van der Waals surface area contributed by atoms with E-state index in [0.29, 0.717) is 5.92 Å². The van der Waals surface area contributed by atoms with Gasteiger partial charge in [-0.2, -0.15) is 0 Å². The fourth-order valence-electron chi connectivity index (χ4n) is 2.29. The highest BCUT2D eigenvalue weighted by molar-refractivity contribution is 7.99. The molecule has 1 atom stereocenters. The van der Waals surface area contributed by atoms with E-state index in [-0.39, 0.29) is 5.91 Å². The van der Waals surface area contributed by atoms with Crippen LogP contribution in [-0.4, -0.2) is 11.7 Å². The zero-order valence-corrected chi connectivity index (χ0v) is 13.5. The normalized spacial score (nSPS) is 16.9. The van der Waals surface area contributed by atoms with E-state index in [9.17, 15) is 4.79 Å². The molecule has 1 aliphatic heterocycles. The van der Waals surface area contributed by atoms with Gasteiger partial charge in [-0.25, -0.2) is 0 Å². The fraction of sp³-hybridized carbons (Fsp3) is 0.278. The largest absolute Gasteiger partial charge is 0.474 e. The second-order valence-corrected chi connectivity index (χ2v) is 6.85. The van der Waals surface area contributed by atoms with Crippen LogP contribution in [-0.2, 0) is 4.79 Å². The Kier molecular flexibility index (Phi) is 4.39. The molecule has 0 radical (unpaired) electrons. The van der Waals surface area contributed by atoms with Gasteiger partial charge in [-0.05, 0) is 24.1 Å². The lowest BCUT2D eigenvalue weighted by atomic mass is 10.1. The summed E-state index contributed by atoms with van der Waals surface area (Å²) in [5.74, 6) is 2.29. The van der Waals surface area contributed by atoms with Gasteiger partial charge in [0.1, 0.15) is 5.75 Å². The van der Waals surface area contributed by atoms with Crippen LogP contribution in [0.3, 0.4) is 0 Å². The molecule has 4 heteroatoms. The minimum absolute atomic E-state index is 0.121. The number of carbonyl (C=O) groups excluding carboxylic acids is 1. The average molecular weight is 313 g/mol. The van der Waals surface area contributed by atoms with Crippen molar-refractivity contribution >= 4 is 23.4 Å². The molecule has 1 heterocycles. The molecule has 0 fully saturated rings. The molecule has 1 N–H and O–H groups in total. The van der Waals surface area contributed by atoms with Crippen molar-refractivity contribution in [2.75, 3.05) is 11.1 Å². The summed E-state index contributed by atoms with van der Waals surface area (Å²) in [7, 11) is 0. The van der Waals surface area contributed by atoms with Crippen LogP contribution in [0.1, 0.15) is 25.5 Å². The monoisotopic (exact) mass is 313 g/mol. The first-order valence-corrected chi connectivity index (χ1v) is 8.41. The van der Waals surface area contributed by atoms with Gasteiger partial charge in [0, 0.05) is 16.2 Å². The van der Waals surface area contributed by atoms with Crippen molar-refractivity contribution in [1.29, 1.82) is 0 Å². The highest BCUT2D eigenvalue weighted by Gasteiger charge is 2.29. The fourth-order valence-corrected chi connectivity index (χ4v) is 3.18. The van der Waals surface area contributed by atoms with E-state index in [1.165, 1.54) is 0 Å². The first-order valence-electron chi connectivity index (χ1n) is 7.43. The summed E-state index contributed by atoms with van der Waals surface area (Å²) < 4.78 is 5.89. The summed E-state index contributed by atoms with van der Waals surface area (Å²) in [4.78, 5) is 13.4. The Morgan fingerprint density at radius 1 is 1.18 bits per heavy atom. The number of thioether (sulfide) groups is 1. The second-order valence-electron chi connectivity index (χ2n) is 5.76. The number of rotatable bonds is 4. The molecule has 3 nitrogen and oxygen atoms in total. The van der Waals surface area contributed by atoms with Crippen LogP contribution in [0.25, 0.3) is 0 Å². The molecule has 0 bridgehead atoms. The lowest BCUT2D eigenvalue weighted by Gasteiger charge is -2.26. The molecule has 1 amide bonds. The van der Waals surface area contributed by atoms with Crippen molar-refractivity contribution in [2.24, 2.45) is 5.92 Å². The molecule has 0 aromatic heterocycles. The molecular formula is C18H19NO2S. The number of carbonyl (C=O) groups is 1. The van der Waals surface area contributed by atoms with E-state index in [4.69, 9.17) is 4.74 Å². The molecule has 2 aromatic carbocycles. The first-order chi connectivity index (χ1) is 10.6. The van der Waals surface area contributed by atoms with Crippen LogP contribution in [0.4, 0.5) is 5.69 Å². The van der Waals surface area contributed by atoms with Crippen molar-refractivity contribution in [3.05, 3.63) is 54.1 Å². The maximum absolute atomic E-state index is 12.3. The van der Waals surface area contributed by atoms with Crippen molar-refractivity contribution in [2.45, 2.75) is 24.8 Å². The second kappa shape index (κ2) is 6.44. The van der Waals surface area contributed by atoms with Crippen molar-refractivity contribution in [3.8, 4) is 5.75 Å². The third kappa shape index (κ3) is 3.28. The topological polar surface area (TPSA) is 38.3 Å². The molecule has 3 rings (SSSR count). The van der Waals surface area contributed by atoms with E-state index in [1.54, 1.807) is 11.8 Å². The smallest absolute Gasteiger partial charge is 0.270 e. The van der Waals surface area contributed by atoms with Gasteiger partial charge in [0.2, 0.25) is 6.10 Å². The van der Waals surface area contributed by atoms with Gasteiger partial charge in [-0.1, -0.05) is 44.2 Å². The molecular weight excluding hydrogens is 294 g/mol. The third-order valence-corrected chi connectivity index (χ3v) is 4.80. The maximum atomic E-state index is 12.3. The minimum atomic E-state index is -0.581. The highest BCUT2D eigenvalue weighted by atomic mass is 32.2. The van der Waals surface area contributed by atoms with Crippen LogP contribution in [0.15, 0.2) is 53.4 Å². The molecule has 0 saturated heterocycles. The van der Waals surface area contributed by atoms with Crippen LogP contribution in [0.5, 0.6) is 5.75 Å². The van der Waals surface area contributed by atoms with Crippen LogP contribution >= 0.6 is 11.8 Å². The van der Waals surface area contributed by atoms with E-state index < -0.39 is 6.10 Å². The maximum Gasteiger partial charge on any atom is 0.270 e. The Morgan fingerprint density at radius 2 is 1.95 bits per heavy atom. The van der Waals surface area contributed by atoms with E-state index >= 15 is 0 Å². The molecule has 0 saturated carbocycles. The van der Waals surface area contributed by atoms with Crippen molar-refractivity contribution in [3.63, 3.8) is 0 Å². The summed E-state index contributed by atoms with van der Waals surface area (Å²) in [6, 6.07) is 15.5.